The summed E-state index contributed by atoms with van der Waals surface area (Å²) < 4.78 is 5.18. The van der Waals surface area contributed by atoms with E-state index in [4.69, 9.17) is 26.5 Å². The van der Waals surface area contributed by atoms with Crippen LogP contribution in [0.2, 0.25) is 5.02 Å². The Bertz CT molecular complexity index is 866. The molecule has 2 N–H and O–H groups in total. The van der Waals surface area contributed by atoms with Crippen molar-refractivity contribution in [2.24, 2.45) is 0 Å². The van der Waals surface area contributed by atoms with Gasteiger partial charge in [-0.1, -0.05) is 23.7 Å². The zero-order valence-corrected chi connectivity index (χ0v) is 14.2. The number of nitrogens with one attached hydrogen (secondary N) is 1. The fourth-order valence-electron chi connectivity index (χ4n) is 2.33. The number of carbonyl (C=O) groups excluding carboxylic acids is 1. The molecule has 0 saturated heterocycles. The molecular formula is C18H14ClNO3S. The fraction of sp³-hybridized carbons (Fsp3) is 0.111. The standard InChI is InChI=1S/C18H14ClNO3S/c19-13-5-3-11(4-6-13)18-12(8-14(20)10-21)9-16(24-18)17(22)15-2-1-7-23-15/h1-7,9,20-21H,8,10H2. The molecular weight excluding hydrogens is 346 g/mol. The van der Waals surface area contributed by atoms with Crippen LogP contribution in [0.5, 0.6) is 0 Å². The van der Waals surface area contributed by atoms with Crippen molar-refractivity contribution < 1.29 is 14.3 Å². The number of furan rings is 1. The fourth-order valence-corrected chi connectivity index (χ4v) is 3.59. The van der Waals surface area contributed by atoms with E-state index < -0.39 is 0 Å². The van der Waals surface area contributed by atoms with Gasteiger partial charge in [0.15, 0.2) is 5.76 Å². The lowest BCUT2D eigenvalue weighted by Crippen LogP contribution is -2.06. The lowest BCUT2D eigenvalue weighted by atomic mass is 10.0. The van der Waals surface area contributed by atoms with Gasteiger partial charge < -0.3 is 14.9 Å². The number of hydrogen-bond donors (Lipinski definition) is 2. The minimum Gasteiger partial charge on any atom is -0.461 e. The number of hydrogen-bond acceptors (Lipinski definition) is 5. The topological polar surface area (TPSA) is 74.3 Å². The molecule has 0 unspecified atom stereocenters. The predicted octanol–water partition coefficient (Wildman–Crippen LogP) is 4.45. The third-order valence-electron chi connectivity index (χ3n) is 3.48. The van der Waals surface area contributed by atoms with E-state index in [-0.39, 0.29) is 30.3 Å². The van der Waals surface area contributed by atoms with Gasteiger partial charge >= 0.3 is 0 Å². The van der Waals surface area contributed by atoms with Crippen molar-refractivity contribution in [1.82, 2.24) is 0 Å². The minimum absolute atomic E-state index is 0.193. The van der Waals surface area contributed by atoms with Gasteiger partial charge in [0.25, 0.3) is 0 Å². The Labute approximate surface area is 147 Å². The largest absolute Gasteiger partial charge is 0.461 e. The molecule has 0 saturated carbocycles. The molecule has 0 aliphatic heterocycles. The summed E-state index contributed by atoms with van der Waals surface area (Å²) >= 11 is 7.28. The molecule has 0 amide bonds. The molecule has 4 nitrogen and oxygen atoms in total. The number of ketones is 1. The predicted molar refractivity (Wildman–Crippen MR) is 95.4 cm³/mol. The summed E-state index contributed by atoms with van der Waals surface area (Å²) in [6.45, 7) is -0.308. The van der Waals surface area contributed by atoms with Gasteiger partial charge in [-0.2, -0.15) is 0 Å². The minimum atomic E-state index is -0.308. The number of thiophene rings is 1. The van der Waals surface area contributed by atoms with Gasteiger partial charge in [-0.15, -0.1) is 11.3 Å². The smallest absolute Gasteiger partial charge is 0.238 e. The van der Waals surface area contributed by atoms with Crippen molar-refractivity contribution in [2.45, 2.75) is 6.42 Å². The van der Waals surface area contributed by atoms with Crippen molar-refractivity contribution in [3.05, 3.63) is 70.0 Å². The zero-order chi connectivity index (χ0) is 17.1. The van der Waals surface area contributed by atoms with Crippen LogP contribution in [0.3, 0.4) is 0 Å². The van der Waals surface area contributed by atoms with E-state index in [1.807, 2.05) is 12.1 Å². The van der Waals surface area contributed by atoms with Crippen molar-refractivity contribution in [3.63, 3.8) is 0 Å². The first-order valence-electron chi connectivity index (χ1n) is 7.22. The van der Waals surface area contributed by atoms with Gasteiger partial charge in [-0.3, -0.25) is 4.79 Å². The molecule has 6 heteroatoms. The van der Waals surface area contributed by atoms with E-state index in [2.05, 4.69) is 0 Å². The summed E-state index contributed by atoms with van der Waals surface area (Å²) in [5.74, 6) is 0.0877. The Hall–Kier alpha value is -2.21. The van der Waals surface area contributed by atoms with E-state index in [1.54, 1.807) is 30.3 Å². The molecule has 0 atom stereocenters. The molecule has 0 bridgehead atoms. The Morgan fingerprint density at radius 3 is 2.62 bits per heavy atom. The van der Waals surface area contributed by atoms with Crippen molar-refractivity contribution in [3.8, 4) is 10.4 Å². The highest BCUT2D eigenvalue weighted by Crippen LogP contribution is 2.35. The molecule has 122 valence electrons. The number of halogens is 1. The molecule has 0 aliphatic rings. The first kappa shape index (κ1) is 16.6. The maximum atomic E-state index is 12.5. The van der Waals surface area contributed by atoms with Crippen molar-refractivity contribution in [1.29, 1.82) is 5.41 Å². The number of aliphatic hydroxyl groups excluding tert-OH is 1. The molecule has 0 radical (unpaired) electrons. The van der Waals surface area contributed by atoms with Crippen LogP contribution in [0, 0.1) is 5.41 Å². The Morgan fingerprint density at radius 1 is 1.25 bits per heavy atom. The second-order valence-electron chi connectivity index (χ2n) is 5.22. The van der Waals surface area contributed by atoms with Gasteiger partial charge in [-0.25, -0.2) is 0 Å². The molecule has 0 spiro atoms. The zero-order valence-electron chi connectivity index (χ0n) is 12.6. The monoisotopic (exact) mass is 359 g/mol. The molecule has 2 heterocycles. The van der Waals surface area contributed by atoms with Crippen LogP contribution in [-0.4, -0.2) is 23.2 Å². The highest BCUT2D eigenvalue weighted by atomic mass is 35.5. The molecule has 3 rings (SSSR count). The SMILES string of the molecule is N=C(CO)Cc1cc(C(=O)c2ccco2)sc1-c1ccc(Cl)cc1. The quantitative estimate of drug-likeness (QED) is 0.504. The molecule has 1 aromatic carbocycles. The summed E-state index contributed by atoms with van der Waals surface area (Å²) in [4.78, 5) is 13.9. The number of rotatable bonds is 6. The molecule has 24 heavy (non-hydrogen) atoms. The highest BCUT2D eigenvalue weighted by Gasteiger charge is 2.19. The van der Waals surface area contributed by atoms with Gasteiger partial charge in [0.1, 0.15) is 0 Å². The summed E-state index contributed by atoms with van der Waals surface area (Å²) in [6, 6.07) is 12.4. The second-order valence-corrected chi connectivity index (χ2v) is 6.71. The van der Waals surface area contributed by atoms with Crippen LogP contribution in [0.4, 0.5) is 0 Å². The Kier molecular flexibility index (Phi) is 4.94. The van der Waals surface area contributed by atoms with Gasteiger partial charge in [-0.05, 0) is 41.5 Å². The van der Waals surface area contributed by atoms with E-state index in [0.29, 0.717) is 9.90 Å². The number of benzene rings is 1. The maximum absolute atomic E-state index is 12.5. The normalized spacial score (nSPS) is 10.8. The Balaban J connectivity index is 2.03. The molecule has 3 aromatic rings. The van der Waals surface area contributed by atoms with E-state index in [1.165, 1.54) is 17.6 Å². The van der Waals surface area contributed by atoms with Crippen LogP contribution in [0.15, 0.2) is 53.1 Å². The average Bonchev–Trinajstić information content (AvgIpc) is 3.25. The average molecular weight is 360 g/mol. The molecule has 2 aromatic heterocycles. The van der Waals surface area contributed by atoms with Gasteiger partial charge in [0.2, 0.25) is 5.78 Å². The third kappa shape index (κ3) is 3.48. The second kappa shape index (κ2) is 7.13. The maximum Gasteiger partial charge on any atom is 0.238 e. The van der Waals surface area contributed by atoms with Gasteiger partial charge in [0.05, 0.1) is 17.7 Å². The first-order valence-corrected chi connectivity index (χ1v) is 8.42. The van der Waals surface area contributed by atoms with Crippen LogP contribution in [0.1, 0.15) is 21.0 Å². The summed E-state index contributed by atoms with van der Waals surface area (Å²) in [5, 5.41) is 17.5. The van der Waals surface area contributed by atoms with Gasteiger partial charge in [0, 0.05) is 22.0 Å². The lowest BCUT2D eigenvalue weighted by Gasteiger charge is -2.04. The van der Waals surface area contributed by atoms with E-state index >= 15 is 0 Å². The molecule has 0 fully saturated rings. The summed E-state index contributed by atoms with van der Waals surface area (Å²) in [7, 11) is 0. The summed E-state index contributed by atoms with van der Waals surface area (Å²) in [5.41, 5.74) is 1.94. The van der Waals surface area contributed by atoms with E-state index in [9.17, 15) is 4.79 Å². The number of carbonyl (C=O) groups is 1. The van der Waals surface area contributed by atoms with Crippen LogP contribution < -0.4 is 0 Å². The third-order valence-corrected chi connectivity index (χ3v) is 4.96. The first-order chi connectivity index (χ1) is 11.6. The van der Waals surface area contributed by atoms with E-state index in [0.717, 1.165) is 16.0 Å². The number of aliphatic hydroxyl groups is 1. The van der Waals surface area contributed by atoms with Crippen molar-refractivity contribution >= 4 is 34.4 Å². The molecule has 0 aliphatic carbocycles. The van der Waals surface area contributed by atoms with Crippen LogP contribution in [0.25, 0.3) is 10.4 Å². The Morgan fingerprint density at radius 2 is 2.00 bits per heavy atom. The van der Waals surface area contributed by atoms with Crippen LogP contribution in [-0.2, 0) is 6.42 Å². The highest BCUT2D eigenvalue weighted by molar-refractivity contribution is 7.17. The van der Waals surface area contributed by atoms with Crippen molar-refractivity contribution in [2.75, 3.05) is 6.61 Å². The lowest BCUT2D eigenvalue weighted by molar-refractivity contribution is 0.101. The van der Waals surface area contributed by atoms with Crippen LogP contribution >= 0.6 is 22.9 Å². The summed E-state index contributed by atoms with van der Waals surface area (Å²) in [6.07, 6.45) is 1.75.